The van der Waals surface area contributed by atoms with Gasteiger partial charge in [0.15, 0.2) is 0 Å². The molecule has 1 aromatic carbocycles. The number of aryl methyl sites for hydroxylation is 1. The third-order valence-corrected chi connectivity index (χ3v) is 4.51. The predicted octanol–water partition coefficient (Wildman–Crippen LogP) is 3.52. The van der Waals surface area contributed by atoms with E-state index in [1.807, 2.05) is 0 Å². The Labute approximate surface area is 127 Å². The summed E-state index contributed by atoms with van der Waals surface area (Å²) in [5.74, 6) is 0. The van der Waals surface area contributed by atoms with Crippen molar-refractivity contribution in [1.82, 2.24) is 14.8 Å². The van der Waals surface area contributed by atoms with Crippen LogP contribution in [0, 0.1) is 6.92 Å². The number of nitrogens with one attached hydrogen (secondary N) is 1. The fraction of sp³-hybridized carbons (Fsp3) is 0.556. The van der Waals surface area contributed by atoms with E-state index >= 15 is 0 Å². The van der Waals surface area contributed by atoms with Crippen molar-refractivity contribution >= 4 is 10.9 Å². The van der Waals surface area contributed by atoms with Crippen molar-refractivity contribution in [2.75, 3.05) is 27.2 Å². The Morgan fingerprint density at radius 2 is 1.90 bits per heavy atom. The number of benzene rings is 1. The molecule has 1 N–H and O–H groups in total. The molecule has 0 bridgehead atoms. The van der Waals surface area contributed by atoms with Crippen LogP contribution >= 0.6 is 0 Å². The Bertz CT molecular complexity index is 606. The van der Waals surface area contributed by atoms with Crippen molar-refractivity contribution in [3.8, 4) is 0 Å². The smallest absolute Gasteiger partial charge is 0.0459 e. The van der Waals surface area contributed by atoms with Crippen molar-refractivity contribution in [2.45, 2.75) is 39.3 Å². The van der Waals surface area contributed by atoms with Gasteiger partial charge in [-0.25, -0.2) is 0 Å². The maximum atomic E-state index is 3.52. The molecule has 1 aromatic heterocycles. The van der Waals surface area contributed by atoms with Gasteiger partial charge in [0.2, 0.25) is 0 Å². The Morgan fingerprint density at radius 3 is 2.62 bits per heavy atom. The number of H-pyrrole nitrogens is 1. The van der Waals surface area contributed by atoms with Gasteiger partial charge in [-0.3, -0.25) is 4.90 Å². The van der Waals surface area contributed by atoms with Gasteiger partial charge >= 0.3 is 0 Å². The molecule has 3 heteroatoms. The summed E-state index contributed by atoms with van der Waals surface area (Å²) in [7, 11) is 4.27. The molecule has 114 valence electrons. The van der Waals surface area contributed by atoms with E-state index in [4.69, 9.17) is 0 Å². The first-order valence-electron chi connectivity index (χ1n) is 8.10. The summed E-state index contributed by atoms with van der Waals surface area (Å²) >= 11 is 0. The van der Waals surface area contributed by atoms with E-state index in [-0.39, 0.29) is 0 Å². The molecule has 1 aliphatic heterocycles. The summed E-state index contributed by atoms with van der Waals surface area (Å²) in [6.07, 6.45) is 4.12. The van der Waals surface area contributed by atoms with E-state index in [0.29, 0.717) is 0 Å². The van der Waals surface area contributed by atoms with E-state index in [1.54, 1.807) is 0 Å². The van der Waals surface area contributed by atoms with Gasteiger partial charge in [0.25, 0.3) is 0 Å². The van der Waals surface area contributed by atoms with Crippen molar-refractivity contribution in [3.05, 3.63) is 35.0 Å². The monoisotopic (exact) mass is 285 g/mol. The first kappa shape index (κ1) is 14.6. The second-order valence-corrected chi connectivity index (χ2v) is 6.68. The highest BCUT2D eigenvalue weighted by molar-refractivity contribution is 5.85. The zero-order valence-corrected chi connectivity index (χ0v) is 13.6. The first-order chi connectivity index (χ1) is 10.1. The molecule has 0 unspecified atom stereocenters. The molecule has 1 fully saturated rings. The Kier molecular flexibility index (Phi) is 4.32. The number of hydrogen-bond acceptors (Lipinski definition) is 2. The van der Waals surface area contributed by atoms with Crippen LogP contribution < -0.4 is 0 Å². The highest BCUT2D eigenvalue weighted by atomic mass is 15.1. The van der Waals surface area contributed by atoms with Crippen molar-refractivity contribution < 1.29 is 0 Å². The summed E-state index contributed by atoms with van der Waals surface area (Å²) in [5, 5.41) is 1.40. The van der Waals surface area contributed by atoms with Crippen LogP contribution in [0.3, 0.4) is 0 Å². The Balaban J connectivity index is 1.87. The molecule has 0 radical (unpaired) electrons. The number of hydrogen-bond donors (Lipinski definition) is 1. The molecule has 3 nitrogen and oxygen atoms in total. The van der Waals surface area contributed by atoms with Crippen LogP contribution in [-0.2, 0) is 13.1 Å². The minimum absolute atomic E-state index is 0.999. The standard InChI is InChI=1S/C18H27N3/c1-14-17(13-20(2)3)16-11-15(7-8-18(16)19-14)12-21-9-5-4-6-10-21/h7-8,11,19H,4-6,9-10,12-13H2,1-3H3. The van der Waals surface area contributed by atoms with Crippen LogP contribution in [0.15, 0.2) is 18.2 Å². The molecule has 1 aliphatic rings. The number of piperidine rings is 1. The topological polar surface area (TPSA) is 22.3 Å². The lowest BCUT2D eigenvalue weighted by Crippen LogP contribution is -2.29. The van der Waals surface area contributed by atoms with Gasteiger partial charge in [0.1, 0.15) is 0 Å². The molecule has 0 spiro atoms. The van der Waals surface area contributed by atoms with Crippen LogP contribution in [0.1, 0.15) is 36.1 Å². The van der Waals surface area contributed by atoms with Crippen LogP contribution in [0.2, 0.25) is 0 Å². The summed E-state index contributed by atoms with van der Waals surface area (Å²) in [6, 6.07) is 6.93. The molecule has 0 amide bonds. The van der Waals surface area contributed by atoms with Crippen LogP contribution in [0.25, 0.3) is 10.9 Å². The van der Waals surface area contributed by atoms with E-state index in [9.17, 15) is 0 Å². The van der Waals surface area contributed by atoms with Gasteiger partial charge in [-0.05, 0) is 70.2 Å². The summed E-state index contributed by atoms with van der Waals surface area (Å²) < 4.78 is 0. The zero-order valence-electron chi connectivity index (χ0n) is 13.6. The molecule has 2 heterocycles. The molecule has 0 atom stereocenters. The fourth-order valence-corrected chi connectivity index (χ4v) is 3.42. The highest BCUT2D eigenvalue weighted by Crippen LogP contribution is 2.25. The summed E-state index contributed by atoms with van der Waals surface area (Å²) in [4.78, 5) is 8.36. The molecular formula is C18H27N3. The average Bonchev–Trinajstić information content (AvgIpc) is 2.76. The predicted molar refractivity (Wildman–Crippen MR) is 89.6 cm³/mol. The maximum Gasteiger partial charge on any atom is 0.0459 e. The van der Waals surface area contributed by atoms with Crippen LogP contribution in [-0.4, -0.2) is 42.0 Å². The lowest BCUT2D eigenvalue weighted by atomic mass is 10.1. The van der Waals surface area contributed by atoms with Crippen molar-refractivity contribution in [3.63, 3.8) is 0 Å². The number of aromatic amines is 1. The summed E-state index contributed by atoms with van der Waals surface area (Å²) in [6.45, 7) is 6.80. The van der Waals surface area contributed by atoms with E-state index in [1.165, 1.54) is 60.1 Å². The largest absolute Gasteiger partial charge is 0.358 e. The number of fused-ring (bicyclic) bond motifs is 1. The lowest BCUT2D eigenvalue weighted by Gasteiger charge is -2.26. The fourth-order valence-electron chi connectivity index (χ4n) is 3.42. The lowest BCUT2D eigenvalue weighted by molar-refractivity contribution is 0.221. The molecule has 1 saturated heterocycles. The number of rotatable bonds is 4. The highest BCUT2D eigenvalue weighted by Gasteiger charge is 2.13. The van der Waals surface area contributed by atoms with Crippen molar-refractivity contribution in [2.24, 2.45) is 0 Å². The number of likely N-dealkylation sites (tertiary alicyclic amines) is 1. The van der Waals surface area contributed by atoms with Crippen LogP contribution in [0.4, 0.5) is 0 Å². The molecule has 3 rings (SSSR count). The second-order valence-electron chi connectivity index (χ2n) is 6.68. The second kappa shape index (κ2) is 6.20. The van der Waals surface area contributed by atoms with E-state index in [0.717, 1.165) is 13.1 Å². The molecule has 21 heavy (non-hydrogen) atoms. The zero-order chi connectivity index (χ0) is 14.8. The Morgan fingerprint density at radius 1 is 1.14 bits per heavy atom. The number of aromatic nitrogens is 1. The maximum absolute atomic E-state index is 3.52. The third kappa shape index (κ3) is 3.30. The minimum Gasteiger partial charge on any atom is -0.358 e. The van der Waals surface area contributed by atoms with E-state index < -0.39 is 0 Å². The molecule has 2 aromatic rings. The first-order valence-corrected chi connectivity index (χ1v) is 8.10. The molecule has 0 aliphatic carbocycles. The van der Waals surface area contributed by atoms with Gasteiger partial charge in [-0.15, -0.1) is 0 Å². The summed E-state index contributed by atoms with van der Waals surface area (Å²) in [5.41, 5.74) is 5.46. The third-order valence-electron chi connectivity index (χ3n) is 4.51. The van der Waals surface area contributed by atoms with E-state index in [2.05, 4.69) is 54.0 Å². The average molecular weight is 285 g/mol. The molecule has 0 saturated carbocycles. The van der Waals surface area contributed by atoms with Gasteiger partial charge in [-0.1, -0.05) is 12.5 Å². The van der Waals surface area contributed by atoms with Crippen LogP contribution in [0.5, 0.6) is 0 Å². The number of nitrogens with zero attached hydrogens (tertiary/aromatic N) is 2. The normalized spacial score (nSPS) is 17.0. The van der Waals surface area contributed by atoms with Gasteiger partial charge in [-0.2, -0.15) is 0 Å². The Hall–Kier alpha value is -1.32. The minimum atomic E-state index is 0.999. The van der Waals surface area contributed by atoms with Crippen molar-refractivity contribution in [1.29, 1.82) is 0 Å². The van der Waals surface area contributed by atoms with Gasteiger partial charge in [0.05, 0.1) is 0 Å². The SMILES string of the molecule is Cc1[nH]c2ccc(CN3CCCCC3)cc2c1CN(C)C. The quantitative estimate of drug-likeness (QED) is 0.928. The van der Waals surface area contributed by atoms with Gasteiger partial charge < -0.3 is 9.88 Å². The van der Waals surface area contributed by atoms with Gasteiger partial charge in [0, 0.05) is 29.7 Å². The molecular weight excluding hydrogens is 258 g/mol.